The Morgan fingerprint density at radius 3 is 2.24 bits per heavy atom. The molecule has 2 aromatic rings. The molecule has 2 N–H and O–H groups in total. The Bertz CT molecular complexity index is 580. The van der Waals surface area contributed by atoms with Crippen LogP contribution in [0, 0.1) is 0 Å². The van der Waals surface area contributed by atoms with Gasteiger partial charge in [0.2, 0.25) is 0 Å². The molecule has 0 saturated heterocycles. The number of ether oxygens (including phenoxy) is 1. The van der Waals surface area contributed by atoms with Crippen molar-refractivity contribution >= 4 is 15.9 Å². The second-order valence-electron chi connectivity index (χ2n) is 5.11. The summed E-state index contributed by atoms with van der Waals surface area (Å²) in [5, 5.41) is 19.7. The molecule has 4 heteroatoms. The molecule has 0 aliphatic carbocycles. The average Bonchev–Trinajstić information content (AvgIpc) is 2.54. The number of aliphatic hydroxyl groups is 2. The first-order chi connectivity index (χ1) is 10.1. The molecule has 21 heavy (non-hydrogen) atoms. The summed E-state index contributed by atoms with van der Waals surface area (Å²) >= 11 is 3.46. The second-order valence-corrected chi connectivity index (χ2v) is 5.96. The topological polar surface area (TPSA) is 49.7 Å². The standard InChI is InChI=1S/C17H19BrO3/c1-21-16-8-7-13(9-15(16)18)10-17(11-19,12-20)14-5-3-2-4-6-14/h2-9,19-20H,10-12H2,1H3. The number of benzene rings is 2. The lowest BCUT2D eigenvalue weighted by Gasteiger charge is -2.30. The van der Waals surface area contributed by atoms with Crippen LogP contribution in [0.1, 0.15) is 11.1 Å². The van der Waals surface area contributed by atoms with Gasteiger partial charge in [0.1, 0.15) is 5.75 Å². The first kappa shape index (κ1) is 16.0. The average molecular weight is 351 g/mol. The number of hydrogen-bond donors (Lipinski definition) is 2. The van der Waals surface area contributed by atoms with Gasteiger partial charge in [-0.25, -0.2) is 0 Å². The van der Waals surface area contributed by atoms with Crippen LogP contribution in [0.3, 0.4) is 0 Å². The number of halogens is 1. The zero-order chi connectivity index (χ0) is 15.3. The van der Waals surface area contributed by atoms with Gasteiger partial charge in [0, 0.05) is 5.41 Å². The van der Waals surface area contributed by atoms with Gasteiger partial charge in [-0.15, -0.1) is 0 Å². The molecular weight excluding hydrogens is 332 g/mol. The summed E-state index contributed by atoms with van der Waals surface area (Å²) in [6.45, 7) is -0.228. The van der Waals surface area contributed by atoms with E-state index in [1.165, 1.54) is 0 Å². The third-order valence-corrected chi connectivity index (χ3v) is 4.37. The van der Waals surface area contributed by atoms with Gasteiger partial charge in [-0.1, -0.05) is 36.4 Å². The van der Waals surface area contributed by atoms with Crippen LogP contribution < -0.4 is 4.74 Å². The Balaban J connectivity index is 2.34. The molecule has 0 aromatic heterocycles. The quantitative estimate of drug-likeness (QED) is 0.841. The first-order valence-electron chi connectivity index (χ1n) is 6.75. The van der Waals surface area contributed by atoms with E-state index >= 15 is 0 Å². The van der Waals surface area contributed by atoms with Crippen molar-refractivity contribution in [2.45, 2.75) is 11.8 Å². The molecular formula is C17H19BrO3. The highest BCUT2D eigenvalue weighted by atomic mass is 79.9. The lowest BCUT2D eigenvalue weighted by molar-refractivity contribution is 0.116. The molecule has 2 aromatic carbocycles. The third-order valence-electron chi connectivity index (χ3n) is 3.75. The molecule has 0 spiro atoms. The van der Waals surface area contributed by atoms with Crippen molar-refractivity contribution in [3.8, 4) is 5.75 Å². The zero-order valence-corrected chi connectivity index (χ0v) is 13.5. The van der Waals surface area contributed by atoms with Crippen LogP contribution in [-0.2, 0) is 11.8 Å². The summed E-state index contributed by atoms with van der Waals surface area (Å²) in [6, 6.07) is 15.4. The van der Waals surface area contributed by atoms with Crippen LogP contribution in [0.5, 0.6) is 5.75 Å². The van der Waals surface area contributed by atoms with Crippen LogP contribution >= 0.6 is 15.9 Å². The molecule has 0 heterocycles. The SMILES string of the molecule is COc1ccc(CC(CO)(CO)c2ccccc2)cc1Br. The molecule has 0 amide bonds. The van der Waals surface area contributed by atoms with Gasteiger partial charge in [0.15, 0.2) is 0 Å². The fourth-order valence-corrected chi connectivity index (χ4v) is 3.04. The molecule has 0 unspecified atom stereocenters. The molecule has 112 valence electrons. The smallest absolute Gasteiger partial charge is 0.133 e. The summed E-state index contributed by atoms with van der Waals surface area (Å²) in [4.78, 5) is 0. The van der Waals surface area contributed by atoms with Crippen LogP contribution in [0.25, 0.3) is 0 Å². The lowest BCUT2D eigenvalue weighted by Crippen LogP contribution is -2.37. The molecule has 0 fully saturated rings. The van der Waals surface area contributed by atoms with E-state index in [-0.39, 0.29) is 13.2 Å². The number of hydrogen-bond acceptors (Lipinski definition) is 3. The molecule has 0 atom stereocenters. The van der Waals surface area contributed by atoms with Crippen molar-refractivity contribution in [1.82, 2.24) is 0 Å². The fraction of sp³-hybridized carbons (Fsp3) is 0.294. The normalized spacial score (nSPS) is 11.4. The van der Waals surface area contributed by atoms with E-state index in [4.69, 9.17) is 4.74 Å². The highest BCUT2D eigenvalue weighted by Crippen LogP contribution is 2.31. The third kappa shape index (κ3) is 3.46. The van der Waals surface area contributed by atoms with Crippen molar-refractivity contribution in [1.29, 1.82) is 0 Å². The Hall–Kier alpha value is -1.36. The van der Waals surface area contributed by atoms with Gasteiger partial charge in [-0.3, -0.25) is 0 Å². The minimum Gasteiger partial charge on any atom is -0.496 e. The van der Waals surface area contributed by atoms with E-state index in [1.807, 2.05) is 48.5 Å². The van der Waals surface area contributed by atoms with Crippen LogP contribution in [0.2, 0.25) is 0 Å². The summed E-state index contributed by atoms with van der Waals surface area (Å²) < 4.78 is 6.08. The van der Waals surface area contributed by atoms with Crippen molar-refractivity contribution in [2.75, 3.05) is 20.3 Å². The van der Waals surface area contributed by atoms with Gasteiger partial charge < -0.3 is 14.9 Å². The van der Waals surface area contributed by atoms with Crippen molar-refractivity contribution in [3.05, 3.63) is 64.1 Å². The van der Waals surface area contributed by atoms with Crippen molar-refractivity contribution in [2.24, 2.45) is 0 Å². The molecule has 0 bridgehead atoms. The van der Waals surface area contributed by atoms with Crippen LogP contribution in [-0.4, -0.2) is 30.5 Å². The maximum Gasteiger partial charge on any atom is 0.133 e. The number of aliphatic hydroxyl groups excluding tert-OH is 2. The largest absolute Gasteiger partial charge is 0.496 e. The predicted molar refractivity (Wildman–Crippen MR) is 86.7 cm³/mol. The van der Waals surface area contributed by atoms with E-state index in [1.54, 1.807) is 7.11 Å². The summed E-state index contributed by atoms with van der Waals surface area (Å²) in [5.41, 5.74) is 1.27. The minimum absolute atomic E-state index is 0.114. The second kappa shape index (κ2) is 7.07. The van der Waals surface area contributed by atoms with Gasteiger partial charge in [-0.2, -0.15) is 0 Å². The Morgan fingerprint density at radius 1 is 1.05 bits per heavy atom. The Kier molecular flexibility index (Phi) is 5.39. The van der Waals surface area contributed by atoms with E-state index in [2.05, 4.69) is 15.9 Å². The van der Waals surface area contributed by atoms with Gasteiger partial charge >= 0.3 is 0 Å². The molecule has 0 radical (unpaired) electrons. The monoisotopic (exact) mass is 350 g/mol. The molecule has 0 aliphatic heterocycles. The molecule has 0 aliphatic rings. The van der Waals surface area contributed by atoms with Crippen molar-refractivity contribution < 1.29 is 14.9 Å². The van der Waals surface area contributed by atoms with E-state index in [0.717, 1.165) is 21.3 Å². The summed E-state index contributed by atoms with van der Waals surface area (Å²) in [6.07, 6.45) is 0.548. The van der Waals surface area contributed by atoms with E-state index < -0.39 is 5.41 Å². The van der Waals surface area contributed by atoms with Crippen LogP contribution in [0.4, 0.5) is 0 Å². The Morgan fingerprint density at radius 2 is 1.71 bits per heavy atom. The first-order valence-corrected chi connectivity index (χ1v) is 7.54. The highest BCUT2D eigenvalue weighted by molar-refractivity contribution is 9.10. The van der Waals surface area contributed by atoms with Gasteiger partial charge in [0.05, 0.1) is 24.8 Å². The molecule has 2 rings (SSSR count). The van der Waals surface area contributed by atoms with E-state index in [9.17, 15) is 10.2 Å². The zero-order valence-electron chi connectivity index (χ0n) is 11.9. The van der Waals surface area contributed by atoms with Gasteiger partial charge in [0.25, 0.3) is 0 Å². The summed E-state index contributed by atoms with van der Waals surface area (Å²) in [5.74, 6) is 0.761. The molecule has 3 nitrogen and oxygen atoms in total. The van der Waals surface area contributed by atoms with E-state index in [0.29, 0.717) is 6.42 Å². The fourth-order valence-electron chi connectivity index (χ4n) is 2.45. The maximum atomic E-state index is 9.86. The summed E-state index contributed by atoms with van der Waals surface area (Å²) in [7, 11) is 1.62. The Labute approximate surface area is 133 Å². The minimum atomic E-state index is -0.685. The molecule has 0 saturated carbocycles. The number of methoxy groups -OCH3 is 1. The van der Waals surface area contributed by atoms with Crippen LogP contribution in [0.15, 0.2) is 53.0 Å². The maximum absolute atomic E-state index is 9.86. The predicted octanol–water partition coefficient (Wildman–Crippen LogP) is 2.92. The lowest BCUT2D eigenvalue weighted by atomic mass is 9.77. The number of rotatable bonds is 6. The van der Waals surface area contributed by atoms with Gasteiger partial charge in [-0.05, 0) is 45.6 Å². The van der Waals surface area contributed by atoms with Crippen molar-refractivity contribution in [3.63, 3.8) is 0 Å². The highest BCUT2D eigenvalue weighted by Gasteiger charge is 2.31.